The molecule has 1 spiro atoms. The van der Waals surface area contributed by atoms with Crippen LogP contribution in [0.25, 0.3) is 0 Å². The summed E-state index contributed by atoms with van der Waals surface area (Å²) in [7, 11) is 1.63. The Morgan fingerprint density at radius 1 is 1.16 bits per heavy atom. The van der Waals surface area contributed by atoms with Gasteiger partial charge in [0.25, 0.3) is 5.91 Å². The van der Waals surface area contributed by atoms with Crippen LogP contribution in [-0.4, -0.2) is 71.3 Å². The molecular weight excluding hydrogens is 569 g/mol. The summed E-state index contributed by atoms with van der Waals surface area (Å²) in [6.07, 6.45) is 0.152. The van der Waals surface area contributed by atoms with Crippen molar-refractivity contribution < 1.29 is 32.5 Å². The third-order valence-corrected chi connectivity index (χ3v) is 10.7. The van der Waals surface area contributed by atoms with Crippen LogP contribution in [0.3, 0.4) is 0 Å². The van der Waals surface area contributed by atoms with Crippen LogP contribution in [0, 0.1) is 23.7 Å². The summed E-state index contributed by atoms with van der Waals surface area (Å²) in [4.78, 5) is 18.2. The van der Waals surface area contributed by atoms with Gasteiger partial charge in [0.05, 0.1) is 29.7 Å². The molecule has 2 aliphatic heterocycles. The molecule has 0 radical (unpaired) electrons. The molecule has 3 aliphatic carbocycles. The molecule has 2 saturated carbocycles. The van der Waals surface area contributed by atoms with Crippen molar-refractivity contribution in [3.05, 3.63) is 58.7 Å². The van der Waals surface area contributed by atoms with Gasteiger partial charge in [0.15, 0.2) is 11.5 Å². The lowest BCUT2D eigenvalue weighted by atomic mass is 9.48. The number of aliphatic hydroxyl groups is 1. The molecule has 5 atom stereocenters. The topological polar surface area (TPSA) is 62.2 Å². The van der Waals surface area contributed by atoms with Crippen molar-refractivity contribution in [3.8, 4) is 23.3 Å². The van der Waals surface area contributed by atoms with E-state index in [1.54, 1.807) is 12.0 Å². The standard InChI is InChI=1S/C35H39F3N2O4/c1-21(2)19-40(29(41)13-8-22-6-10-25(11-7-22)35(36,37)38)26-14-15-34(42)28-18-24-9-12-27(43-3)31-30(24)33(34,32(26)44-31)16-17-39(28)20-23-4-5-23/h6-7,9-12,21,23,26,28,32,42H,4-5,14-20H2,1-3H3/t26-,28+,32-,33-,34+/m0/s1. The Morgan fingerprint density at radius 3 is 2.57 bits per heavy atom. The van der Waals surface area contributed by atoms with E-state index in [4.69, 9.17) is 9.47 Å². The molecule has 0 aromatic heterocycles. The molecule has 5 aliphatic rings. The Labute approximate surface area is 256 Å². The van der Waals surface area contributed by atoms with Gasteiger partial charge in [-0.3, -0.25) is 9.69 Å². The van der Waals surface area contributed by atoms with E-state index in [0.29, 0.717) is 42.4 Å². The summed E-state index contributed by atoms with van der Waals surface area (Å²) in [5.74, 6) is 7.28. The molecule has 2 bridgehead atoms. The molecule has 0 unspecified atom stereocenters. The minimum absolute atomic E-state index is 0.0237. The van der Waals surface area contributed by atoms with Gasteiger partial charge in [-0.15, -0.1) is 0 Å². The summed E-state index contributed by atoms with van der Waals surface area (Å²) >= 11 is 0. The van der Waals surface area contributed by atoms with Gasteiger partial charge in [0.1, 0.15) is 6.10 Å². The summed E-state index contributed by atoms with van der Waals surface area (Å²) in [5.41, 5.74) is 0.113. The number of halogens is 3. The van der Waals surface area contributed by atoms with E-state index in [2.05, 4.69) is 22.8 Å². The Hall–Kier alpha value is -3.22. The zero-order valence-electron chi connectivity index (χ0n) is 25.4. The molecule has 1 N–H and O–H groups in total. The Kier molecular flexibility index (Phi) is 6.98. The van der Waals surface area contributed by atoms with Crippen molar-refractivity contribution in [2.45, 2.75) is 87.8 Å². The fourth-order valence-corrected chi connectivity index (χ4v) is 8.63. The van der Waals surface area contributed by atoms with Crippen LogP contribution in [0.5, 0.6) is 11.5 Å². The van der Waals surface area contributed by atoms with Crippen LogP contribution >= 0.6 is 0 Å². The number of alkyl halides is 3. The number of nitrogens with zero attached hydrogens (tertiary/aromatic N) is 2. The van der Waals surface area contributed by atoms with Gasteiger partial charge >= 0.3 is 6.18 Å². The smallest absolute Gasteiger partial charge is 0.416 e. The molecule has 44 heavy (non-hydrogen) atoms. The summed E-state index contributed by atoms with van der Waals surface area (Å²) < 4.78 is 51.7. The fraction of sp³-hybridized carbons (Fsp3) is 0.571. The number of piperidine rings is 1. The SMILES string of the molecule is COc1ccc2c3c1O[C@H]1[C@@H](N(CC(C)C)C(=O)C#Cc4ccc(C(F)(F)F)cc4)CC[C@@]4(O)[C@@H](C2)N(CC2CC2)CC[C@]314. The average Bonchev–Trinajstić information content (AvgIpc) is 3.73. The van der Waals surface area contributed by atoms with Crippen molar-refractivity contribution in [2.24, 2.45) is 11.8 Å². The second-order valence-corrected chi connectivity index (χ2v) is 13.8. The maximum Gasteiger partial charge on any atom is 0.416 e. The molecule has 2 aromatic rings. The number of carbonyl (C=O) groups is 1. The zero-order chi connectivity index (χ0) is 31.0. The lowest BCUT2D eigenvalue weighted by Gasteiger charge is -2.64. The van der Waals surface area contributed by atoms with Crippen molar-refractivity contribution in [2.75, 3.05) is 26.7 Å². The molecule has 7 rings (SSSR count). The highest BCUT2D eigenvalue weighted by Crippen LogP contribution is 2.66. The number of benzene rings is 2. The van der Waals surface area contributed by atoms with Gasteiger partial charge in [0, 0.05) is 36.2 Å². The first-order valence-electron chi connectivity index (χ1n) is 15.8. The lowest BCUT2D eigenvalue weighted by Crippen LogP contribution is -2.78. The third-order valence-electron chi connectivity index (χ3n) is 10.7. The van der Waals surface area contributed by atoms with Gasteiger partial charge in [-0.1, -0.05) is 25.8 Å². The first kappa shape index (κ1) is 29.5. The largest absolute Gasteiger partial charge is 0.493 e. The number of rotatable bonds is 6. The number of ether oxygens (including phenoxy) is 2. The molecule has 1 saturated heterocycles. The molecule has 234 valence electrons. The van der Waals surface area contributed by atoms with Gasteiger partial charge in [-0.05, 0) is 92.8 Å². The Morgan fingerprint density at radius 2 is 1.91 bits per heavy atom. The summed E-state index contributed by atoms with van der Waals surface area (Å²) in [5, 5.41) is 12.9. The molecular formula is C35H39F3N2O4. The second-order valence-electron chi connectivity index (χ2n) is 13.8. The van der Waals surface area contributed by atoms with Crippen LogP contribution in [-0.2, 0) is 22.8 Å². The average molecular weight is 609 g/mol. The lowest BCUT2D eigenvalue weighted by molar-refractivity contribution is -0.201. The zero-order valence-corrected chi connectivity index (χ0v) is 25.4. The van der Waals surface area contributed by atoms with Gasteiger partial charge < -0.3 is 19.5 Å². The van der Waals surface area contributed by atoms with Crippen molar-refractivity contribution in [3.63, 3.8) is 0 Å². The molecule has 1 amide bonds. The van der Waals surface area contributed by atoms with Crippen LogP contribution < -0.4 is 9.47 Å². The van der Waals surface area contributed by atoms with Crippen LogP contribution in [0.15, 0.2) is 36.4 Å². The highest BCUT2D eigenvalue weighted by atomic mass is 19.4. The number of hydrogen-bond acceptors (Lipinski definition) is 5. The predicted molar refractivity (Wildman–Crippen MR) is 158 cm³/mol. The maximum atomic E-state index is 13.9. The summed E-state index contributed by atoms with van der Waals surface area (Å²) in [6, 6.07) is 8.24. The number of carbonyl (C=O) groups excluding carboxylic acids is 1. The molecule has 2 heterocycles. The minimum Gasteiger partial charge on any atom is -0.493 e. The van der Waals surface area contributed by atoms with Crippen molar-refractivity contribution >= 4 is 5.91 Å². The van der Waals surface area contributed by atoms with Gasteiger partial charge in [-0.2, -0.15) is 13.2 Å². The van der Waals surface area contributed by atoms with Crippen LogP contribution in [0.1, 0.15) is 68.2 Å². The predicted octanol–water partition coefficient (Wildman–Crippen LogP) is 5.18. The highest BCUT2D eigenvalue weighted by molar-refractivity contribution is 5.94. The van der Waals surface area contributed by atoms with Gasteiger partial charge in [0.2, 0.25) is 0 Å². The first-order valence-corrected chi connectivity index (χ1v) is 15.8. The normalized spacial score (nSPS) is 30.2. The van der Waals surface area contributed by atoms with Crippen molar-refractivity contribution in [1.82, 2.24) is 9.80 Å². The fourth-order valence-electron chi connectivity index (χ4n) is 8.63. The molecule has 6 nitrogen and oxygen atoms in total. The van der Waals surface area contributed by atoms with Crippen LogP contribution in [0.4, 0.5) is 13.2 Å². The Bertz CT molecular complexity index is 1530. The second kappa shape index (κ2) is 10.4. The van der Waals surface area contributed by atoms with E-state index in [1.807, 2.05) is 19.9 Å². The quantitative estimate of drug-likeness (QED) is 0.458. The van der Waals surface area contributed by atoms with E-state index in [0.717, 1.165) is 43.6 Å². The molecule has 3 fully saturated rings. The highest BCUT2D eigenvalue weighted by Gasteiger charge is 2.73. The van der Waals surface area contributed by atoms with Crippen LogP contribution in [0.2, 0.25) is 0 Å². The van der Waals surface area contributed by atoms with E-state index < -0.39 is 34.8 Å². The monoisotopic (exact) mass is 608 g/mol. The van der Waals surface area contributed by atoms with E-state index in [9.17, 15) is 23.1 Å². The first-order chi connectivity index (χ1) is 21.0. The van der Waals surface area contributed by atoms with E-state index >= 15 is 0 Å². The van der Waals surface area contributed by atoms with Crippen molar-refractivity contribution in [1.29, 1.82) is 0 Å². The van der Waals surface area contributed by atoms with Gasteiger partial charge in [-0.25, -0.2) is 0 Å². The molecule has 9 heteroatoms. The van der Waals surface area contributed by atoms with E-state index in [-0.39, 0.29) is 18.0 Å². The van der Waals surface area contributed by atoms with E-state index in [1.165, 1.54) is 30.5 Å². The number of hydrogen-bond donors (Lipinski definition) is 1. The molecule has 2 aromatic carbocycles. The number of amides is 1. The number of likely N-dealkylation sites (tertiary alicyclic amines) is 1. The third kappa shape index (κ3) is 4.51. The Balaban J connectivity index is 1.26. The summed E-state index contributed by atoms with van der Waals surface area (Å²) in [6.45, 7) is 6.39. The number of methoxy groups -OCH3 is 1. The maximum absolute atomic E-state index is 13.9. The minimum atomic E-state index is -4.44.